The van der Waals surface area contributed by atoms with Gasteiger partial charge in [0.25, 0.3) is 5.91 Å². The number of hydrogen-bond donors (Lipinski definition) is 2. The summed E-state index contributed by atoms with van der Waals surface area (Å²) < 4.78 is 13.7. The molecular formula is C17H17ClFN3O2. The third-order valence-corrected chi connectivity index (χ3v) is 3.57. The minimum atomic E-state index is -0.742. The summed E-state index contributed by atoms with van der Waals surface area (Å²) in [6, 6.07) is 11.2. The smallest absolute Gasteiger partial charge is 0.256 e. The number of carbonyl (C=O) groups is 2. The van der Waals surface area contributed by atoms with Gasteiger partial charge in [0.05, 0.1) is 28.5 Å². The Morgan fingerprint density at radius 1 is 1.12 bits per heavy atom. The van der Waals surface area contributed by atoms with Gasteiger partial charge in [0.2, 0.25) is 5.91 Å². The van der Waals surface area contributed by atoms with Crippen molar-refractivity contribution in [3.63, 3.8) is 0 Å². The van der Waals surface area contributed by atoms with Crippen LogP contribution in [0.1, 0.15) is 10.4 Å². The van der Waals surface area contributed by atoms with E-state index in [0.29, 0.717) is 5.69 Å². The third-order valence-electron chi connectivity index (χ3n) is 3.26. The van der Waals surface area contributed by atoms with Gasteiger partial charge in [0, 0.05) is 14.1 Å². The lowest BCUT2D eigenvalue weighted by molar-refractivity contribution is -0.115. The van der Waals surface area contributed by atoms with E-state index in [1.54, 1.807) is 12.1 Å². The van der Waals surface area contributed by atoms with Gasteiger partial charge in [0.1, 0.15) is 5.82 Å². The number of carbonyl (C=O) groups excluding carboxylic acids is 2. The van der Waals surface area contributed by atoms with Gasteiger partial charge >= 0.3 is 0 Å². The number of nitrogens with zero attached hydrogens (tertiary/aromatic N) is 1. The van der Waals surface area contributed by atoms with E-state index < -0.39 is 17.6 Å². The van der Waals surface area contributed by atoms with Crippen molar-refractivity contribution >= 4 is 34.8 Å². The fourth-order valence-electron chi connectivity index (χ4n) is 2.13. The Kier molecular flexibility index (Phi) is 5.76. The molecule has 126 valence electrons. The van der Waals surface area contributed by atoms with Crippen LogP contribution in [0, 0.1) is 5.82 Å². The summed E-state index contributed by atoms with van der Waals surface area (Å²) in [6.07, 6.45) is 0. The van der Waals surface area contributed by atoms with Crippen LogP contribution in [0.2, 0.25) is 5.02 Å². The van der Waals surface area contributed by atoms with Gasteiger partial charge in [-0.15, -0.1) is 0 Å². The van der Waals surface area contributed by atoms with Crippen LogP contribution in [-0.2, 0) is 4.79 Å². The van der Waals surface area contributed by atoms with E-state index in [-0.39, 0.29) is 17.1 Å². The predicted molar refractivity (Wildman–Crippen MR) is 93.1 cm³/mol. The molecule has 24 heavy (non-hydrogen) atoms. The molecule has 0 aliphatic heterocycles. The maximum Gasteiger partial charge on any atom is 0.256 e. The topological polar surface area (TPSA) is 61.4 Å². The van der Waals surface area contributed by atoms with Gasteiger partial charge in [-0.2, -0.15) is 0 Å². The summed E-state index contributed by atoms with van der Waals surface area (Å²) >= 11 is 5.82. The second kappa shape index (κ2) is 7.79. The molecule has 0 atom stereocenters. The lowest BCUT2D eigenvalue weighted by Gasteiger charge is -2.17. The minimum absolute atomic E-state index is 0.00846. The molecule has 0 spiro atoms. The third kappa shape index (κ3) is 4.23. The number of nitrogens with one attached hydrogen (secondary N) is 2. The molecule has 0 radical (unpaired) electrons. The summed E-state index contributed by atoms with van der Waals surface area (Å²) in [7, 11) is 3.71. The molecule has 0 fully saturated rings. The number of hydrogen-bond acceptors (Lipinski definition) is 3. The van der Waals surface area contributed by atoms with Crippen LogP contribution >= 0.6 is 11.6 Å². The van der Waals surface area contributed by atoms with Crippen molar-refractivity contribution in [1.82, 2.24) is 5.32 Å². The van der Waals surface area contributed by atoms with E-state index in [1.807, 2.05) is 31.1 Å². The Labute approximate surface area is 144 Å². The maximum atomic E-state index is 13.7. The van der Waals surface area contributed by atoms with E-state index in [1.165, 1.54) is 12.1 Å². The number of halogens is 2. The van der Waals surface area contributed by atoms with Crippen molar-refractivity contribution in [1.29, 1.82) is 0 Å². The molecule has 2 aromatic carbocycles. The van der Waals surface area contributed by atoms with Gasteiger partial charge in [0.15, 0.2) is 0 Å². The Morgan fingerprint density at radius 2 is 1.83 bits per heavy atom. The van der Waals surface area contributed by atoms with Crippen LogP contribution in [0.25, 0.3) is 0 Å². The summed E-state index contributed by atoms with van der Waals surface area (Å²) in [5.74, 6) is -1.90. The number of rotatable bonds is 5. The highest BCUT2D eigenvalue weighted by atomic mass is 35.5. The van der Waals surface area contributed by atoms with Gasteiger partial charge < -0.3 is 15.5 Å². The molecular weight excluding hydrogens is 333 g/mol. The summed E-state index contributed by atoms with van der Waals surface area (Å²) in [5.41, 5.74) is 1.17. The van der Waals surface area contributed by atoms with Gasteiger partial charge in [-0.05, 0) is 24.3 Å². The van der Waals surface area contributed by atoms with Crippen molar-refractivity contribution in [2.75, 3.05) is 30.9 Å². The summed E-state index contributed by atoms with van der Waals surface area (Å²) in [6.45, 7) is -0.300. The van der Waals surface area contributed by atoms with Crippen LogP contribution < -0.4 is 15.5 Å². The van der Waals surface area contributed by atoms with E-state index in [2.05, 4.69) is 10.6 Å². The summed E-state index contributed by atoms with van der Waals surface area (Å²) in [4.78, 5) is 25.9. The predicted octanol–water partition coefficient (Wildman–Crippen LogP) is 2.91. The molecule has 0 aliphatic rings. The number of amides is 2. The molecule has 7 heteroatoms. The first-order valence-corrected chi connectivity index (χ1v) is 7.56. The van der Waals surface area contributed by atoms with Gasteiger partial charge in [-0.1, -0.05) is 29.8 Å². The molecule has 2 N–H and O–H groups in total. The molecule has 0 saturated heterocycles. The molecule has 0 unspecified atom stereocenters. The molecule has 0 heterocycles. The zero-order valence-corrected chi connectivity index (χ0v) is 14.0. The molecule has 0 aromatic heterocycles. The summed E-state index contributed by atoms with van der Waals surface area (Å²) in [5, 5.41) is 5.06. The highest BCUT2D eigenvalue weighted by Gasteiger charge is 2.16. The molecule has 5 nitrogen and oxygen atoms in total. The average molecular weight is 350 g/mol. The Balaban J connectivity index is 2.00. The molecule has 2 rings (SSSR count). The van der Waals surface area contributed by atoms with E-state index >= 15 is 0 Å². The van der Waals surface area contributed by atoms with Crippen LogP contribution in [0.3, 0.4) is 0 Å². The van der Waals surface area contributed by atoms with E-state index in [9.17, 15) is 14.0 Å². The zero-order valence-electron chi connectivity index (χ0n) is 13.3. The molecule has 0 bridgehead atoms. The number of benzene rings is 2. The van der Waals surface area contributed by atoms with Crippen LogP contribution in [0.4, 0.5) is 15.8 Å². The molecule has 0 aliphatic carbocycles. The first kappa shape index (κ1) is 17.7. The second-order valence-electron chi connectivity index (χ2n) is 5.24. The maximum absolute atomic E-state index is 13.7. The molecule has 0 saturated carbocycles. The Morgan fingerprint density at radius 3 is 2.50 bits per heavy atom. The number of anilines is 2. The SMILES string of the molecule is CN(C)c1ccccc1NC(=O)CNC(=O)c1c(F)cccc1Cl. The Bertz CT molecular complexity index is 745. The van der Waals surface area contributed by atoms with Crippen LogP contribution in [-0.4, -0.2) is 32.5 Å². The largest absolute Gasteiger partial charge is 0.376 e. The lowest BCUT2D eigenvalue weighted by atomic mass is 10.2. The number of para-hydroxylation sites is 2. The van der Waals surface area contributed by atoms with Crippen molar-refractivity contribution < 1.29 is 14.0 Å². The van der Waals surface area contributed by atoms with Crippen molar-refractivity contribution in [2.45, 2.75) is 0 Å². The van der Waals surface area contributed by atoms with Gasteiger partial charge in [-0.3, -0.25) is 9.59 Å². The van der Waals surface area contributed by atoms with Crippen molar-refractivity contribution in [3.8, 4) is 0 Å². The van der Waals surface area contributed by atoms with E-state index in [0.717, 1.165) is 11.8 Å². The normalized spacial score (nSPS) is 10.2. The Hall–Kier alpha value is -2.60. The van der Waals surface area contributed by atoms with Crippen LogP contribution in [0.15, 0.2) is 42.5 Å². The quantitative estimate of drug-likeness (QED) is 0.872. The second-order valence-corrected chi connectivity index (χ2v) is 5.65. The average Bonchev–Trinajstić information content (AvgIpc) is 2.53. The monoisotopic (exact) mass is 349 g/mol. The zero-order chi connectivity index (χ0) is 17.7. The highest BCUT2D eigenvalue weighted by molar-refractivity contribution is 6.33. The first-order chi connectivity index (χ1) is 11.4. The highest BCUT2D eigenvalue weighted by Crippen LogP contribution is 2.23. The molecule has 2 amide bonds. The standard InChI is InChI=1S/C17H17ClFN3O2/c1-22(2)14-9-4-3-8-13(14)21-15(23)10-20-17(24)16-11(18)6-5-7-12(16)19/h3-9H,10H2,1-2H3,(H,20,24)(H,21,23). The molecule has 2 aromatic rings. The van der Waals surface area contributed by atoms with Crippen LogP contribution in [0.5, 0.6) is 0 Å². The fraction of sp³-hybridized carbons (Fsp3) is 0.176. The lowest BCUT2D eigenvalue weighted by Crippen LogP contribution is -2.33. The minimum Gasteiger partial charge on any atom is -0.376 e. The first-order valence-electron chi connectivity index (χ1n) is 7.18. The fourth-order valence-corrected chi connectivity index (χ4v) is 2.38. The van der Waals surface area contributed by atoms with E-state index in [4.69, 9.17) is 11.6 Å². The van der Waals surface area contributed by atoms with Gasteiger partial charge in [-0.25, -0.2) is 4.39 Å². The van der Waals surface area contributed by atoms with Crippen molar-refractivity contribution in [3.05, 3.63) is 58.9 Å². The van der Waals surface area contributed by atoms with Crippen molar-refractivity contribution in [2.24, 2.45) is 0 Å².